The Labute approximate surface area is 206 Å². The molecule has 3 fully saturated rings. The van der Waals surface area contributed by atoms with Gasteiger partial charge < -0.3 is 4.90 Å². The van der Waals surface area contributed by atoms with Crippen molar-refractivity contribution in [3.63, 3.8) is 0 Å². The maximum atomic E-state index is 13.2. The fourth-order valence-electron chi connectivity index (χ4n) is 4.70. The van der Waals surface area contributed by atoms with Gasteiger partial charge in [0.25, 0.3) is 0 Å². The van der Waals surface area contributed by atoms with Gasteiger partial charge in [-0.15, -0.1) is 0 Å². The number of nitrogens with zero attached hydrogens (tertiary/aromatic N) is 7. The largest absolute Gasteiger partial charge is 0.417 e. The van der Waals surface area contributed by atoms with Crippen molar-refractivity contribution in [2.75, 3.05) is 31.6 Å². The Hall–Kier alpha value is -3.47. The molecule has 1 N–H and O–H groups in total. The third kappa shape index (κ3) is 4.55. The number of hydrogen-bond donors (Lipinski definition) is 1. The first-order valence-corrected chi connectivity index (χ1v) is 12.1. The van der Waals surface area contributed by atoms with Crippen molar-refractivity contribution < 1.29 is 13.2 Å². The Morgan fingerprint density at radius 3 is 2.50 bits per heavy atom. The Morgan fingerprint density at radius 2 is 1.83 bits per heavy atom. The minimum absolute atomic E-state index is 0.149. The standard InChI is InChI=1S/C20H19F3N8.C5H8/c1-29-6-7-30(12-16(29)13-8-26-27-9-13)18-4-5-24-19(28-18)15-10-25-17-3-2-14(11-31(15)17)20(21,22)23;1-2-5(1)3-4-5/h2-5,8-11,16H,6-7,12H2,1H3,(H,26,27);1-4H2. The molecule has 8 nitrogen and oxygen atoms in total. The van der Waals surface area contributed by atoms with Crippen molar-refractivity contribution in [3.05, 3.63) is 60.3 Å². The number of fused-ring (bicyclic) bond motifs is 1. The van der Waals surface area contributed by atoms with Crippen LogP contribution in [0.3, 0.4) is 0 Å². The van der Waals surface area contributed by atoms with Gasteiger partial charge in [0.15, 0.2) is 5.82 Å². The van der Waals surface area contributed by atoms with Crippen LogP contribution in [-0.2, 0) is 6.18 Å². The number of hydrogen-bond acceptors (Lipinski definition) is 6. The van der Waals surface area contributed by atoms with Gasteiger partial charge in [0.1, 0.15) is 17.2 Å². The molecule has 0 aromatic carbocycles. The number of aromatic amines is 1. The number of piperazine rings is 1. The van der Waals surface area contributed by atoms with Gasteiger partial charge in [-0.05, 0) is 56.3 Å². The Balaban J connectivity index is 0.000000421. The summed E-state index contributed by atoms with van der Waals surface area (Å²) < 4.78 is 40.9. The first-order valence-electron chi connectivity index (χ1n) is 12.1. The summed E-state index contributed by atoms with van der Waals surface area (Å²) in [6, 6.07) is 4.32. The van der Waals surface area contributed by atoms with E-state index < -0.39 is 11.7 Å². The first-order chi connectivity index (χ1) is 17.3. The zero-order chi connectivity index (χ0) is 24.9. The van der Waals surface area contributed by atoms with Crippen LogP contribution in [0.15, 0.2) is 49.2 Å². The van der Waals surface area contributed by atoms with Crippen LogP contribution >= 0.6 is 0 Å². The normalized spacial score (nSPS) is 20.9. The highest BCUT2D eigenvalue weighted by Crippen LogP contribution is 2.65. The molecule has 188 valence electrons. The number of H-pyrrole nitrogens is 1. The SMILES string of the molecule is C1CC12CC2.CN1CCN(c2ccnc(-c3cnc4ccc(C(F)(F)F)cn34)n2)CC1c1cn[nH]c1. The number of pyridine rings is 1. The molecule has 1 unspecified atom stereocenters. The van der Waals surface area contributed by atoms with Crippen molar-refractivity contribution in [2.24, 2.45) is 5.41 Å². The molecule has 2 saturated carbocycles. The van der Waals surface area contributed by atoms with Crippen LogP contribution in [0.2, 0.25) is 0 Å². The Morgan fingerprint density at radius 1 is 1.03 bits per heavy atom. The van der Waals surface area contributed by atoms with Crippen LogP contribution in [0, 0.1) is 5.41 Å². The van der Waals surface area contributed by atoms with Gasteiger partial charge in [0, 0.05) is 43.8 Å². The quantitative estimate of drug-likeness (QED) is 0.447. The molecule has 1 spiro atoms. The lowest BCUT2D eigenvalue weighted by Gasteiger charge is -2.39. The molecule has 1 atom stereocenters. The molecule has 36 heavy (non-hydrogen) atoms. The second-order valence-corrected chi connectivity index (χ2v) is 10.00. The average Bonchev–Trinajstić information content (AvgIpc) is 3.69. The molecule has 4 aromatic rings. The van der Waals surface area contributed by atoms with Gasteiger partial charge in [0.05, 0.1) is 24.0 Å². The number of alkyl halides is 3. The van der Waals surface area contributed by atoms with Crippen LogP contribution in [0.5, 0.6) is 0 Å². The molecule has 3 aliphatic rings. The van der Waals surface area contributed by atoms with Crippen molar-refractivity contribution >= 4 is 11.5 Å². The average molecular weight is 497 g/mol. The predicted molar refractivity (Wildman–Crippen MR) is 128 cm³/mol. The summed E-state index contributed by atoms with van der Waals surface area (Å²) in [4.78, 5) is 17.6. The van der Waals surface area contributed by atoms with Gasteiger partial charge in [-0.2, -0.15) is 18.3 Å². The number of likely N-dealkylation sites (N-methyl/N-ethyl adjacent to an activating group) is 1. The van der Waals surface area contributed by atoms with Crippen molar-refractivity contribution in [3.8, 4) is 11.5 Å². The molecule has 5 heterocycles. The van der Waals surface area contributed by atoms with E-state index in [0.29, 0.717) is 29.5 Å². The van der Waals surface area contributed by atoms with Crippen molar-refractivity contribution in [2.45, 2.75) is 37.9 Å². The number of nitrogens with one attached hydrogen (secondary N) is 1. The van der Waals surface area contributed by atoms with Crippen molar-refractivity contribution in [1.29, 1.82) is 0 Å². The summed E-state index contributed by atoms with van der Waals surface area (Å²) in [5.74, 6) is 1.04. The lowest BCUT2D eigenvalue weighted by molar-refractivity contribution is -0.137. The van der Waals surface area contributed by atoms with E-state index >= 15 is 0 Å². The molecule has 0 bridgehead atoms. The monoisotopic (exact) mass is 496 g/mol. The molecular formula is C25H27F3N8. The predicted octanol–water partition coefficient (Wildman–Crippen LogP) is 4.59. The van der Waals surface area contributed by atoms with E-state index in [1.807, 2.05) is 18.5 Å². The molecule has 1 aliphatic heterocycles. The summed E-state index contributed by atoms with van der Waals surface area (Å²) in [5, 5.41) is 6.90. The molecule has 4 aromatic heterocycles. The minimum Gasteiger partial charge on any atom is -0.353 e. The number of aromatic nitrogens is 6. The fraction of sp³-hybridized carbons (Fsp3) is 0.440. The summed E-state index contributed by atoms with van der Waals surface area (Å²) >= 11 is 0. The highest BCUT2D eigenvalue weighted by molar-refractivity contribution is 5.59. The van der Waals surface area contributed by atoms with Gasteiger partial charge in [-0.3, -0.25) is 14.4 Å². The topological polar surface area (TPSA) is 78.2 Å². The van der Waals surface area contributed by atoms with Crippen LogP contribution < -0.4 is 4.90 Å². The van der Waals surface area contributed by atoms with E-state index in [4.69, 9.17) is 0 Å². The maximum Gasteiger partial charge on any atom is 0.417 e. The highest BCUT2D eigenvalue weighted by atomic mass is 19.4. The third-order valence-corrected chi connectivity index (χ3v) is 7.49. The lowest BCUT2D eigenvalue weighted by Crippen LogP contribution is -2.47. The summed E-state index contributed by atoms with van der Waals surface area (Å²) in [6.07, 6.45) is 9.64. The Kier molecular flexibility index (Phi) is 5.47. The zero-order valence-corrected chi connectivity index (χ0v) is 19.9. The highest BCUT2D eigenvalue weighted by Gasteiger charge is 2.52. The second kappa shape index (κ2) is 8.58. The molecule has 0 amide bonds. The van der Waals surface area contributed by atoms with Crippen LogP contribution in [0.1, 0.15) is 42.9 Å². The molecule has 11 heteroatoms. The van der Waals surface area contributed by atoms with Crippen LogP contribution in [0.25, 0.3) is 17.2 Å². The Bertz CT molecular complexity index is 1340. The lowest BCUT2D eigenvalue weighted by atomic mass is 10.1. The fourth-order valence-corrected chi connectivity index (χ4v) is 4.70. The number of anilines is 1. The number of rotatable bonds is 3. The molecule has 0 radical (unpaired) electrons. The van der Waals surface area contributed by atoms with E-state index in [2.05, 4.69) is 42.0 Å². The molecule has 2 aliphatic carbocycles. The van der Waals surface area contributed by atoms with E-state index in [1.165, 1.54) is 16.7 Å². The zero-order valence-electron chi connectivity index (χ0n) is 19.9. The first kappa shape index (κ1) is 23.0. The van der Waals surface area contributed by atoms with E-state index in [0.717, 1.165) is 36.3 Å². The maximum absolute atomic E-state index is 13.2. The van der Waals surface area contributed by atoms with Gasteiger partial charge in [-0.25, -0.2) is 15.0 Å². The third-order valence-electron chi connectivity index (χ3n) is 7.49. The van der Waals surface area contributed by atoms with Crippen molar-refractivity contribution in [1.82, 2.24) is 34.4 Å². The smallest absolute Gasteiger partial charge is 0.353 e. The van der Waals surface area contributed by atoms with Crippen LogP contribution in [0.4, 0.5) is 19.0 Å². The van der Waals surface area contributed by atoms with E-state index in [9.17, 15) is 13.2 Å². The second-order valence-electron chi connectivity index (χ2n) is 10.00. The number of imidazole rings is 1. The van der Waals surface area contributed by atoms with E-state index in [-0.39, 0.29) is 6.04 Å². The van der Waals surface area contributed by atoms with Gasteiger partial charge >= 0.3 is 6.18 Å². The number of halogens is 3. The molecule has 7 rings (SSSR count). The minimum atomic E-state index is -4.44. The molecular weight excluding hydrogens is 469 g/mol. The van der Waals surface area contributed by atoms with Crippen LogP contribution in [-0.4, -0.2) is 61.1 Å². The van der Waals surface area contributed by atoms with Gasteiger partial charge in [0.2, 0.25) is 0 Å². The summed E-state index contributed by atoms with van der Waals surface area (Å²) in [7, 11) is 2.07. The molecule has 1 saturated heterocycles. The van der Waals surface area contributed by atoms with E-state index in [1.54, 1.807) is 31.9 Å². The van der Waals surface area contributed by atoms with Gasteiger partial charge in [-0.1, -0.05) is 0 Å². The summed E-state index contributed by atoms with van der Waals surface area (Å²) in [5.41, 5.74) is 2.14. The summed E-state index contributed by atoms with van der Waals surface area (Å²) in [6.45, 7) is 2.31.